The minimum Gasteiger partial charge on any atom is -0.294 e. The molecule has 0 radical (unpaired) electrons. The molecule has 0 unspecified atom stereocenters. The van der Waals surface area contributed by atoms with Gasteiger partial charge >= 0.3 is 0 Å². The molecule has 1 aliphatic carbocycles. The van der Waals surface area contributed by atoms with Gasteiger partial charge in [-0.2, -0.15) is 5.10 Å². The third-order valence-corrected chi connectivity index (χ3v) is 2.30. The minimum absolute atomic E-state index is 0.220. The molecule has 2 aliphatic rings. The third kappa shape index (κ3) is 1.54. The van der Waals surface area contributed by atoms with E-state index in [1.54, 1.807) is 0 Å². The van der Waals surface area contributed by atoms with Gasteiger partial charge in [0.1, 0.15) is 0 Å². The van der Waals surface area contributed by atoms with Crippen molar-refractivity contribution in [1.82, 2.24) is 5.43 Å². The molecule has 3 nitrogen and oxygen atoms in total. The average Bonchev–Trinajstić information content (AvgIpc) is 2.30. The maximum Gasteiger partial charge on any atom is 0.164 e. The average molecular weight is 176 g/mol. The highest BCUT2D eigenvalue weighted by molar-refractivity contribution is 6.24. The summed E-state index contributed by atoms with van der Waals surface area (Å²) in [6, 6.07) is 0. The smallest absolute Gasteiger partial charge is 0.164 e. The van der Waals surface area contributed by atoms with Gasteiger partial charge in [-0.3, -0.25) is 10.2 Å². The Morgan fingerprint density at radius 2 is 2.23 bits per heavy atom. The summed E-state index contributed by atoms with van der Waals surface area (Å²) in [5.41, 5.74) is 5.58. The highest BCUT2D eigenvalue weighted by Crippen LogP contribution is 2.19. The van der Waals surface area contributed by atoms with E-state index in [2.05, 4.69) is 10.5 Å². The predicted molar refractivity (Wildman–Crippen MR) is 51.3 cm³/mol. The van der Waals surface area contributed by atoms with Crippen LogP contribution in [0.15, 0.2) is 28.5 Å². The van der Waals surface area contributed by atoms with Crippen molar-refractivity contribution >= 4 is 11.5 Å². The van der Waals surface area contributed by atoms with Gasteiger partial charge in [-0.1, -0.05) is 0 Å². The molecule has 0 spiro atoms. The van der Waals surface area contributed by atoms with Crippen LogP contribution in [0, 0.1) is 0 Å². The van der Waals surface area contributed by atoms with Crippen LogP contribution in [0.3, 0.4) is 0 Å². The molecule has 1 saturated carbocycles. The van der Waals surface area contributed by atoms with Gasteiger partial charge < -0.3 is 0 Å². The molecule has 1 fully saturated rings. The molecule has 0 bridgehead atoms. The van der Waals surface area contributed by atoms with Crippen LogP contribution in [-0.4, -0.2) is 11.5 Å². The second-order valence-electron chi connectivity index (χ2n) is 3.38. The number of ketones is 1. The Kier molecular flexibility index (Phi) is 2.00. The van der Waals surface area contributed by atoms with Gasteiger partial charge in [0, 0.05) is 17.7 Å². The highest BCUT2D eigenvalue weighted by atomic mass is 16.1. The first-order valence-electron chi connectivity index (χ1n) is 4.52. The number of carbonyl (C=O) groups excluding carboxylic acids is 1. The van der Waals surface area contributed by atoms with E-state index in [0.717, 1.165) is 29.8 Å². The highest BCUT2D eigenvalue weighted by Gasteiger charge is 2.21. The number of nitrogens with one attached hydrogen (secondary N) is 1. The lowest BCUT2D eigenvalue weighted by atomic mass is 9.91. The van der Waals surface area contributed by atoms with Crippen LogP contribution in [0.2, 0.25) is 0 Å². The van der Waals surface area contributed by atoms with Crippen molar-refractivity contribution in [3.63, 3.8) is 0 Å². The van der Waals surface area contributed by atoms with Gasteiger partial charge in [0.2, 0.25) is 0 Å². The van der Waals surface area contributed by atoms with Crippen molar-refractivity contribution in [2.45, 2.75) is 26.2 Å². The third-order valence-electron chi connectivity index (χ3n) is 2.30. The largest absolute Gasteiger partial charge is 0.294 e. The van der Waals surface area contributed by atoms with E-state index in [1.807, 2.05) is 19.1 Å². The maximum absolute atomic E-state index is 11.5. The Hall–Kier alpha value is -1.38. The molecule has 1 heterocycles. The van der Waals surface area contributed by atoms with Gasteiger partial charge in [-0.05, 0) is 31.9 Å². The number of fused-ring (bicyclic) bond motifs is 1. The van der Waals surface area contributed by atoms with Crippen molar-refractivity contribution in [3.8, 4) is 0 Å². The lowest BCUT2D eigenvalue weighted by Gasteiger charge is -2.13. The van der Waals surface area contributed by atoms with Crippen LogP contribution in [-0.2, 0) is 4.79 Å². The molecule has 0 aromatic rings. The van der Waals surface area contributed by atoms with Crippen LogP contribution in [0.1, 0.15) is 26.2 Å². The zero-order chi connectivity index (χ0) is 9.26. The Bertz CT molecular complexity index is 337. The Morgan fingerprint density at radius 3 is 3.08 bits per heavy atom. The fourth-order valence-electron chi connectivity index (χ4n) is 1.55. The summed E-state index contributed by atoms with van der Waals surface area (Å²) < 4.78 is 0. The first-order chi connectivity index (χ1) is 6.27. The number of Topliss-reactive ketones (excluding diaryl/α,β-unsaturated/α-hetero) is 1. The summed E-state index contributed by atoms with van der Waals surface area (Å²) in [5.74, 6) is 0.220. The molecule has 0 amide bonds. The normalized spacial score (nSPS) is 21.9. The molecule has 1 aliphatic heterocycles. The summed E-state index contributed by atoms with van der Waals surface area (Å²) in [5, 5.41) is 4.19. The van der Waals surface area contributed by atoms with E-state index < -0.39 is 0 Å². The van der Waals surface area contributed by atoms with Crippen LogP contribution < -0.4 is 5.43 Å². The van der Waals surface area contributed by atoms with Crippen molar-refractivity contribution < 1.29 is 4.79 Å². The Balaban J connectivity index is 2.38. The van der Waals surface area contributed by atoms with Gasteiger partial charge in [0.05, 0.1) is 5.71 Å². The minimum atomic E-state index is 0.220. The summed E-state index contributed by atoms with van der Waals surface area (Å²) in [6.07, 6.45) is 6.27. The standard InChI is InChI=1S/C10H12N2O/c1-7-5-6-8-9(12-11-7)3-2-4-10(8)13/h5-6,11H,2-4H2,1H3. The molecule has 13 heavy (non-hydrogen) atoms. The second kappa shape index (κ2) is 3.17. The topological polar surface area (TPSA) is 41.5 Å². The number of hydrazone groups is 1. The number of nitrogens with zero attached hydrogens (tertiary/aromatic N) is 1. The number of rotatable bonds is 0. The molecular weight excluding hydrogens is 164 g/mol. The van der Waals surface area contributed by atoms with Crippen LogP contribution in [0.4, 0.5) is 0 Å². The van der Waals surface area contributed by atoms with Crippen LogP contribution in [0.5, 0.6) is 0 Å². The monoisotopic (exact) mass is 176 g/mol. The number of hydrogen-bond donors (Lipinski definition) is 1. The summed E-state index contributed by atoms with van der Waals surface area (Å²) in [4.78, 5) is 11.5. The SMILES string of the molecule is CC1=CC=C2C(=O)CCCC2=NN1. The molecular formula is C10H12N2O. The van der Waals surface area contributed by atoms with E-state index in [0.29, 0.717) is 6.42 Å². The first-order valence-corrected chi connectivity index (χ1v) is 4.52. The fourth-order valence-corrected chi connectivity index (χ4v) is 1.55. The summed E-state index contributed by atoms with van der Waals surface area (Å²) in [7, 11) is 0. The molecule has 0 saturated heterocycles. The van der Waals surface area contributed by atoms with E-state index in [4.69, 9.17) is 0 Å². The van der Waals surface area contributed by atoms with Gasteiger partial charge in [0.25, 0.3) is 0 Å². The quantitative estimate of drug-likeness (QED) is 0.608. The van der Waals surface area contributed by atoms with Crippen molar-refractivity contribution in [1.29, 1.82) is 0 Å². The number of carbonyl (C=O) groups is 1. The Morgan fingerprint density at radius 1 is 1.38 bits per heavy atom. The Labute approximate surface area is 77.2 Å². The van der Waals surface area contributed by atoms with Crippen LogP contribution >= 0.6 is 0 Å². The molecule has 0 aromatic heterocycles. The van der Waals surface area contributed by atoms with Gasteiger partial charge in [0.15, 0.2) is 5.78 Å². The van der Waals surface area contributed by atoms with Gasteiger partial charge in [-0.25, -0.2) is 0 Å². The van der Waals surface area contributed by atoms with Crippen LogP contribution in [0.25, 0.3) is 0 Å². The number of hydrogen-bond acceptors (Lipinski definition) is 3. The fraction of sp³-hybridized carbons (Fsp3) is 0.400. The molecule has 3 heteroatoms. The summed E-state index contributed by atoms with van der Waals surface area (Å²) in [6.45, 7) is 1.93. The van der Waals surface area contributed by atoms with Crippen molar-refractivity contribution in [2.75, 3.05) is 0 Å². The second-order valence-corrected chi connectivity index (χ2v) is 3.38. The lowest BCUT2D eigenvalue weighted by Crippen LogP contribution is -2.20. The molecule has 0 aromatic carbocycles. The van der Waals surface area contributed by atoms with E-state index in [1.165, 1.54) is 0 Å². The number of allylic oxidation sites excluding steroid dienone is 4. The van der Waals surface area contributed by atoms with E-state index in [9.17, 15) is 4.79 Å². The van der Waals surface area contributed by atoms with E-state index in [-0.39, 0.29) is 5.78 Å². The molecule has 68 valence electrons. The van der Waals surface area contributed by atoms with Crippen molar-refractivity contribution in [2.24, 2.45) is 5.10 Å². The lowest BCUT2D eigenvalue weighted by molar-refractivity contribution is -0.115. The zero-order valence-electron chi connectivity index (χ0n) is 7.63. The van der Waals surface area contributed by atoms with E-state index >= 15 is 0 Å². The first kappa shape index (κ1) is 8.23. The maximum atomic E-state index is 11.5. The zero-order valence-corrected chi connectivity index (χ0v) is 7.63. The molecule has 1 N–H and O–H groups in total. The predicted octanol–water partition coefficient (Wildman–Crippen LogP) is 1.53. The molecule has 2 rings (SSSR count). The van der Waals surface area contributed by atoms with Gasteiger partial charge in [-0.15, -0.1) is 0 Å². The molecule has 0 atom stereocenters. The summed E-state index contributed by atoms with van der Waals surface area (Å²) >= 11 is 0. The van der Waals surface area contributed by atoms with Crippen molar-refractivity contribution in [3.05, 3.63) is 23.4 Å².